The van der Waals surface area contributed by atoms with Crippen LogP contribution < -0.4 is 4.74 Å². The Morgan fingerprint density at radius 2 is 1.92 bits per heavy atom. The monoisotopic (exact) mass is 506 g/mol. The molecule has 37 heavy (non-hydrogen) atoms. The molecule has 0 spiro atoms. The summed E-state index contributed by atoms with van der Waals surface area (Å²) in [5.74, 6) is -0.540. The standard InChI is InChI=1S/C28H31FN4O4/c1-28-16-20-19-14-23(37-2)21(29)15-22(19)30-24(20)25(17-7-6-8-18(34)13-17)33(28)27(36)32(26(28)35)12-11-31-9-4-3-5-10-31/h6-8,13-15,25,30,34H,3-5,9-12,16H2,1-2H3. The molecule has 3 aliphatic heterocycles. The number of hydrogen-bond acceptors (Lipinski definition) is 5. The highest BCUT2D eigenvalue weighted by Gasteiger charge is 2.60. The number of fused-ring (bicyclic) bond motifs is 4. The van der Waals surface area contributed by atoms with Gasteiger partial charge in [0.05, 0.1) is 7.11 Å². The van der Waals surface area contributed by atoms with Crippen molar-refractivity contribution in [3.8, 4) is 11.5 Å². The first kappa shape index (κ1) is 23.8. The summed E-state index contributed by atoms with van der Waals surface area (Å²) < 4.78 is 19.8. The number of hydrogen-bond donors (Lipinski definition) is 2. The highest BCUT2D eigenvalue weighted by atomic mass is 19.1. The number of nitrogens with one attached hydrogen (secondary N) is 1. The van der Waals surface area contributed by atoms with Crippen LogP contribution in [-0.2, 0) is 11.2 Å². The van der Waals surface area contributed by atoms with Gasteiger partial charge in [-0.25, -0.2) is 9.18 Å². The maximum atomic E-state index is 14.6. The number of ether oxygens (including phenoxy) is 1. The number of urea groups is 1. The van der Waals surface area contributed by atoms with Crippen LogP contribution in [0.1, 0.15) is 49.0 Å². The number of halogens is 1. The number of carbonyl (C=O) groups excluding carboxylic acids is 2. The Balaban J connectivity index is 1.46. The van der Waals surface area contributed by atoms with Gasteiger partial charge in [-0.2, -0.15) is 0 Å². The van der Waals surface area contributed by atoms with Crippen molar-refractivity contribution in [2.75, 3.05) is 33.3 Å². The van der Waals surface area contributed by atoms with Crippen LogP contribution in [0.3, 0.4) is 0 Å². The number of aromatic hydroxyl groups is 1. The first-order chi connectivity index (χ1) is 17.8. The molecule has 4 heterocycles. The van der Waals surface area contributed by atoms with Gasteiger partial charge in [0.25, 0.3) is 5.91 Å². The first-order valence-corrected chi connectivity index (χ1v) is 12.9. The number of carbonyl (C=O) groups is 2. The van der Waals surface area contributed by atoms with E-state index in [1.807, 2.05) is 13.0 Å². The Kier molecular flexibility index (Phi) is 5.63. The van der Waals surface area contributed by atoms with Gasteiger partial charge in [0.2, 0.25) is 0 Å². The number of nitrogens with zero attached hydrogens (tertiary/aromatic N) is 3. The molecule has 0 saturated carbocycles. The van der Waals surface area contributed by atoms with E-state index >= 15 is 0 Å². The SMILES string of the molecule is COc1cc2c3c([nH]c2cc1F)C(c1cccc(O)c1)N1C(=O)N(CCN2CCCCC2)C(=O)C1(C)C3. The normalized spacial score (nSPS) is 24.0. The van der Waals surface area contributed by atoms with Crippen molar-refractivity contribution in [1.82, 2.24) is 19.7 Å². The van der Waals surface area contributed by atoms with Crippen molar-refractivity contribution in [2.45, 2.75) is 44.2 Å². The fourth-order valence-electron chi connectivity index (χ4n) is 6.34. The van der Waals surface area contributed by atoms with E-state index in [0.717, 1.165) is 36.9 Å². The molecule has 2 fully saturated rings. The molecule has 6 rings (SSSR count). The van der Waals surface area contributed by atoms with Crippen LogP contribution in [0.25, 0.3) is 10.9 Å². The second-order valence-electron chi connectivity index (χ2n) is 10.5. The highest BCUT2D eigenvalue weighted by molar-refractivity contribution is 6.08. The fourth-order valence-corrected chi connectivity index (χ4v) is 6.34. The number of H-pyrrole nitrogens is 1. The molecular weight excluding hydrogens is 475 g/mol. The van der Waals surface area contributed by atoms with Crippen LogP contribution >= 0.6 is 0 Å². The number of piperidine rings is 1. The number of rotatable bonds is 5. The molecule has 3 amide bonds. The minimum atomic E-state index is -1.13. The zero-order valence-corrected chi connectivity index (χ0v) is 21.1. The van der Waals surface area contributed by atoms with Gasteiger partial charge in [-0.1, -0.05) is 18.6 Å². The fraction of sp³-hybridized carbons (Fsp3) is 0.429. The molecule has 2 N–H and O–H groups in total. The van der Waals surface area contributed by atoms with Crippen molar-refractivity contribution >= 4 is 22.8 Å². The molecule has 9 heteroatoms. The van der Waals surface area contributed by atoms with Crippen molar-refractivity contribution in [3.05, 3.63) is 59.0 Å². The van der Waals surface area contributed by atoms with Gasteiger partial charge in [-0.3, -0.25) is 14.6 Å². The summed E-state index contributed by atoms with van der Waals surface area (Å²) in [5, 5.41) is 11.0. The molecule has 2 unspecified atom stereocenters. The molecule has 0 aliphatic carbocycles. The van der Waals surface area contributed by atoms with Gasteiger partial charge < -0.3 is 19.7 Å². The van der Waals surface area contributed by atoms with E-state index in [1.54, 1.807) is 29.2 Å². The molecule has 194 valence electrons. The average Bonchev–Trinajstić information content (AvgIpc) is 3.32. The summed E-state index contributed by atoms with van der Waals surface area (Å²) in [5.41, 5.74) is 1.67. The predicted octanol–water partition coefficient (Wildman–Crippen LogP) is 4.18. The van der Waals surface area contributed by atoms with Gasteiger partial charge in [-0.05, 0) is 62.2 Å². The second kappa shape index (κ2) is 8.76. The molecule has 2 saturated heterocycles. The van der Waals surface area contributed by atoms with Crippen LogP contribution in [0.5, 0.6) is 11.5 Å². The Bertz CT molecular complexity index is 1400. The number of methoxy groups -OCH3 is 1. The third kappa shape index (κ3) is 3.67. The predicted molar refractivity (Wildman–Crippen MR) is 136 cm³/mol. The lowest BCUT2D eigenvalue weighted by Gasteiger charge is -2.42. The lowest BCUT2D eigenvalue weighted by molar-refractivity contribution is -0.133. The molecule has 0 bridgehead atoms. The molecule has 1 aromatic heterocycles. The highest BCUT2D eigenvalue weighted by Crippen LogP contribution is 2.49. The average molecular weight is 507 g/mol. The van der Waals surface area contributed by atoms with Crippen LogP contribution in [0.15, 0.2) is 36.4 Å². The van der Waals surface area contributed by atoms with Gasteiger partial charge >= 0.3 is 6.03 Å². The van der Waals surface area contributed by atoms with Gasteiger partial charge in [-0.15, -0.1) is 0 Å². The van der Waals surface area contributed by atoms with E-state index in [9.17, 15) is 19.1 Å². The Morgan fingerprint density at radius 3 is 2.65 bits per heavy atom. The van der Waals surface area contributed by atoms with Gasteiger partial charge in [0.1, 0.15) is 17.3 Å². The number of amides is 3. The number of phenols is 1. The third-order valence-corrected chi connectivity index (χ3v) is 8.21. The van der Waals surface area contributed by atoms with E-state index in [0.29, 0.717) is 29.9 Å². The quantitative estimate of drug-likeness (QED) is 0.507. The van der Waals surface area contributed by atoms with E-state index in [-0.39, 0.29) is 29.9 Å². The van der Waals surface area contributed by atoms with E-state index in [2.05, 4.69) is 9.88 Å². The Labute approximate surface area is 214 Å². The van der Waals surface area contributed by atoms with E-state index < -0.39 is 17.4 Å². The molecule has 8 nitrogen and oxygen atoms in total. The lowest BCUT2D eigenvalue weighted by Crippen LogP contribution is -2.53. The minimum Gasteiger partial charge on any atom is -0.508 e. The molecular formula is C28H31FN4O4. The maximum Gasteiger partial charge on any atom is 0.328 e. The number of aromatic amines is 1. The second-order valence-corrected chi connectivity index (χ2v) is 10.5. The topological polar surface area (TPSA) is 89.1 Å². The first-order valence-electron chi connectivity index (χ1n) is 12.9. The number of phenolic OH excluding ortho intramolecular Hbond substituents is 1. The smallest absolute Gasteiger partial charge is 0.328 e. The zero-order valence-electron chi connectivity index (χ0n) is 21.1. The zero-order chi connectivity index (χ0) is 25.9. The van der Waals surface area contributed by atoms with Crippen molar-refractivity contribution < 1.29 is 23.8 Å². The van der Waals surface area contributed by atoms with Crippen molar-refractivity contribution in [2.24, 2.45) is 0 Å². The van der Waals surface area contributed by atoms with Crippen LogP contribution in [-0.4, -0.2) is 75.6 Å². The van der Waals surface area contributed by atoms with Crippen LogP contribution in [0, 0.1) is 5.82 Å². The van der Waals surface area contributed by atoms with Crippen molar-refractivity contribution in [1.29, 1.82) is 0 Å². The van der Waals surface area contributed by atoms with Crippen LogP contribution in [0.2, 0.25) is 0 Å². The minimum absolute atomic E-state index is 0.0649. The number of likely N-dealkylation sites (tertiary alicyclic amines) is 1. The van der Waals surface area contributed by atoms with Crippen molar-refractivity contribution in [3.63, 3.8) is 0 Å². The molecule has 3 aromatic rings. The summed E-state index contributed by atoms with van der Waals surface area (Å²) in [7, 11) is 1.42. The Hall–Kier alpha value is -3.59. The van der Waals surface area contributed by atoms with Crippen LogP contribution in [0.4, 0.5) is 9.18 Å². The third-order valence-electron chi connectivity index (χ3n) is 8.21. The number of imide groups is 1. The molecule has 0 radical (unpaired) electrons. The molecule has 3 aliphatic rings. The van der Waals surface area contributed by atoms with E-state index in [1.165, 1.54) is 24.5 Å². The molecule has 2 aromatic carbocycles. The van der Waals surface area contributed by atoms with Gasteiger partial charge in [0.15, 0.2) is 11.6 Å². The summed E-state index contributed by atoms with van der Waals surface area (Å²) >= 11 is 0. The largest absolute Gasteiger partial charge is 0.508 e. The Morgan fingerprint density at radius 1 is 1.14 bits per heavy atom. The molecule has 2 atom stereocenters. The lowest BCUT2D eigenvalue weighted by atomic mass is 9.81. The van der Waals surface area contributed by atoms with Gasteiger partial charge in [0, 0.05) is 42.2 Å². The summed E-state index contributed by atoms with van der Waals surface area (Å²) in [6.45, 7) is 4.77. The maximum absolute atomic E-state index is 14.6. The summed E-state index contributed by atoms with van der Waals surface area (Å²) in [4.78, 5) is 36.5. The summed E-state index contributed by atoms with van der Waals surface area (Å²) in [6.07, 6.45) is 3.78. The number of aromatic nitrogens is 1. The summed E-state index contributed by atoms with van der Waals surface area (Å²) in [6, 6.07) is 8.77. The van der Waals surface area contributed by atoms with E-state index in [4.69, 9.17) is 4.74 Å². The number of benzene rings is 2.